The lowest BCUT2D eigenvalue weighted by atomic mass is 10.2. The van der Waals surface area contributed by atoms with E-state index in [-0.39, 0.29) is 16.9 Å². The van der Waals surface area contributed by atoms with E-state index in [1.807, 2.05) is 19.0 Å². The number of sulfonamides is 1. The van der Waals surface area contributed by atoms with Crippen LogP contribution in [0.4, 0.5) is 5.82 Å². The number of hydrogen-bond acceptors (Lipinski definition) is 5. The van der Waals surface area contributed by atoms with E-state index in [0.29, 0.717) is 18.7 Å². The van der Waals surface area contributed by atoms with Crippen LogP contribution in [-0.2, 0) is 10.0 Å². The molecule has 0 spiro atoms. The van der Waals surface area contributed by atoms with Crippen molar-refractivity contribution in [2.45, 2.75) is 17.5 Å². The van der Waals surface area contributed by atoms with Crippen LogP contribution >= 0.6 is 0 Å². The highest BCUT2D eigenvalue weighted by molar-refractivity contribution is 7.89. The molecular formula is C13H19N5O2S. The Labute approximate surface area is 124 Å². The minimum Gasteiger partial charge on any atom is -0.381 e. The second-order valence-electron chi connectivity index (χ2n) is 5.50. The number of hydrogen-bond donors (Lipinski definition) is 1. The standard InChI is InChI=1S/C13H19N5O2S/c1-16(2)10-6-8-17(9-10)21(19,20)13-12(14)15-11-5-3-4-7-18(11)13/h3-5,7,10H,6,8-9,14H2,1-2H3. The van der Waals surface area contributed by atoms with Gasteiger partial charge >= 0.3 is 0 Å². The van der Waals surface area contributed by atoms with E-state index >= 15 is 0 Å². The predicted molar refractivity (Wildman–Crippen MR) is 80.5 cm³/mol. The second-order valence-corrected chi connectivity index (χ2v) is 7.35. The average Bonchev–Trinajstić information content (AvgIpc) is 3.02. The van der Waals surface area contributed by atoms with E-state index in [9.17, 15) is 8.42 Å². The number of likely N-dealkylation sites (N-methyl/N-ethyl adjacent to an activating group) is 1. The zero-order valence-electron chi connectivity index (χ0n) is 12.1. The molecule has 1 atom stereocenters. The van der Waals surface area contributed by atoms with Gasteiger partial charge in [-0.1, -0.05) is 6.07 Å². The van der Waals surface area contributed by atoms with Gasteiger partial charge in [-0.2, -0.15) is 4.31 Å². The molecule has 0 amide bonds. The summed E-state index contributed by atoms with van der Waals surface area (Å²) in [6.45, 7) is 0.986. The summed E-state index contributed by atoms with van der Waals surface area (Å²) in [5.41, 5.74) is 6.39. The van der Waals surface area contributed by atoms with E-state index < -0.39 is 10.0 Å². The third-order valence-electron chi connectivity index (χ3n) is 3.95. The van der Waals surface area contributed by atoms with Gasteiger partial charge in [-0.3, -0.25) is 4.40 Å². The second kappa shape index (κ2) is 4.97. The molecule has 21 heavy (non-hydrogen) atoms. The van der Waals surface area contributed by atoms with Crippen LogP contribution in [-0.4, -0.2) is 60.2 Å². The molecule has 1 aliphatic rings. The molecule has 1 unspecified atom stereocenters. The normalized spacial score (nSPS) is 20.6. The number of pyridine rings is 1. The summed E-state index contributed by atoms with van der Waals surface area (Å²) in [7, 11) is 0.286. The summed E-state index contributed by atoms with van der Waals surface area (Å²) in [6, 6.07) is 5.54. The zero-order chi connectivity index (χ0) is 15.2. The molecule has 3 heterocycles. The van der Waals surface area contributed by atoms with Crippen molar-refractivity contribution in [3.05, 3.63) is 24.4 Å². The Morgan fingerprint density at radius 2 is 2.14 bits per heavy atom. The largest absolute Gasteiger partial charge is 0.381 e. The Morgan fingerprint density at radius 1 is 1.38 bits per heavy atom. The summed E-state index contributed by atoms with van der Waals surface area (Å²) in [5, 5.41) is 0.0671. The Morgan fingerprint density at radius 3 is 2.81 bits per heavy atom. The van der Waals surface area contributed by atoms with Gasteiger partial charge in [0, 0.05) is 25.3 Å². The van der Waals surface area contributed by atoms with Crippen LogP contribution in [0.25, 0.3) is 5.65 Å². The predicted octanol–water partition coefficient (Wildman–Crippen LogP) is 0.241. The summed E-state index contributed by atoms with van der Waals surface area (Å²) in [6.07, 6.45) is 2.49. The van der Waals surface area contributed by atoms with Crippen molar-refractivity contribution >= 4 is 21.5 Å². The fraction of sp³-hybridized carbons (Fsp3) is 0.462. The van der Waals surface area contributed by atoms with Crippen molar-refractivity contribution in [2.24, 2.45) is 0 Å². The molecule has 1 fully saturated rings. The number of rotatable bonds is 3. The maximum Gasteiger partial charge on any atom is 0.262 e. The van der Waals surface area contributed by atoms with Crippen LogP contribution in [0.15, 0.2) is 29.4 Å². The first-order chi connectivity index (χ1) is 9.91. The van der Waals surface area contributed by atoms with E-state index in [1.54, 1.807) is 24.4 Å². The Bertz CT molecular complexity index is 768. The molecule has 0 bridgehead atoms. The molecular weight excluding hydrogens is 290 g/mol. The van der Waals surface area contributed by atoms with Gasteiger partial charge in [-0.15, -0.1) is 0 Å². The van der Waals surface area contributed by atoms with E-state index in [1.165, 1.54) is 8.71 Å². The maximum atomic E-state index is 12.9. The third kappa shape index (κ3) is 2.29. The number of nitrogen functional groups attached to an aromatic ring is 1. The van der Waals surface area contributed by atoms with Crippen molar-refractivity contribution in [2.75, 3.05) is 32.9 Å². The van der Waals surface area contributed by atoms with Crippen LogP contribution in [0.2, 0.25) is 0 Å². The number of nitrogens with two attached hydrogens (primary N) is 1. The molecule has 2 aromatic heterocycles. The lowest BCUT2D eigenvalue weighted by Crippen LogP contribution is -2.35. The third-order valence-corrected chi connectivity index (χ3v) is 5.86. The number of fused-ring (bicyclic) bond motifs is 1. The van der Waals surface area contributed by atoms with Gasteiger partial charge in [-0.05, 0) is 32.6 Å². The summed E-state index contributed by atoms with van der Waals surface area (Å²) < 4.78 is 28.8. The van der Waals surface area contributed by atoms with E-state index in [2.05, 4.69) is 4.98 Å². The van der Waals surface area contributed by atoms with Crippen LogP contribution in [0.5, 0.6) is 0 Å². The van der Waals surface area contributed by atoms with Gasteiger partial charge in [0.25, 0.3) is 10.0 Å². The van der Waals surface area contributed by atoms with Gasteiger partial charge in [0.15, 0.2) is 10.8 Å². The summed E-state index contributed by atoms with van der Waals surface area (Å²) in [5.74, 6) is 0.0505. The molecule has 1 aliphatic heterocycles. The molecule has 2 aromatic rings. The Balaban J connectivity index is 2.04. The van der Waals surface area contributed by atoms with Crippen LogP contribution < -0.4 is 5.73 Å². The average molecular weight is 309 g/mol. The van der Waals surface area contributed by atoms with E-state index in [0.717, 1.165) is 6.42 Å². The summed E-state index contributed by atoms with van der Waals surface area (Å²) in [4.78, 5) is 6.18. The van der Waals surface area contributed by atoms with Crippen molar-refractivity contribution in [3.8, 4) is 0 Å². The maximum absolute atomic E-state index is 12.9. The smallest absolute Gasteiger partial charge is 0.262 e. The van der Waals surface area contributed by atoms with Gasteiger partial charge in [0.05, 0.1) is 0 Å². The van der Waals surface area contributed by atoms with Crippen molar-refractivity contribution < 1.29 is 8.42 Å². The monoisotopic (exact) mass is 309 g/mol. The molecule has 0 aromatic carbocycles. The molecule has 0 radical (unpaired) electrons. The number of aromatic nitrogens is 2. The quantitative estimate of drug-likeness (QED) is 0.878. The van der Waals surface area contributed by atoms with Crippen molar-refractivity contribution in [3.63, 3.8) is 0 Å². The molecule has 0 aliphatic carbocycles. The molecule has 8 heteroatoms. The summed E-state index contributed by atoms with van der Waals surface area (Å²) >= 11 is 0. The first-order valence-corrected chi connectivity index (χ1v) is 8.24. The highest BCUT2D eigenvalue weighted by Crippen LogP contribution is 2.27. The molecule has 1 saturated heterocycles. The van der Waals surface area contributed by atoms with Crippen molar-refractivity contribution in [1.29, 1.82) is 0 Å². The van der Waals surface area contributed by atoms with Gasteiger partial charge in [0.2, 0.25) is 0 Å². The molecule has 2 N–H and O–H groups in total. The van der Waals surface area contributed by atoms with Crippen LogP contribution in [0.3, 0.4) is 0 Å². The SMILES string of the molecule is CN(C)C1CCN(S(=O)(=O)c2c(N)nc3ccccn23)C1. The molecule has 114 valence electrons. The zero-order valence-corrected chi connectivity index (χ0v) is 12.9. The number of nitrogens with zero attached hydrogens (tertiary/aromatic N) is 4. The van der Waals surface area contributed by atoms with Crippen LogP contribution in [0.1, 0.15) is 6.42 Å². The first kappa shape index (κ1) is 14.3. The fourth-order valence-electron chi connectivity index (χ4n) is 2.72. The Kier molecular flexibility index (Phi) is 3.39. The Hall–Kier alpha value is -1.64. The lowest BCUT2D eigenvalue weighted by molar-refractivity contribution is 0.302. The molecule has 7 nitrogen and oxygen atoms in total. The molecule has 3 rings (SSSR count). The number of imidazole rings is 1. The topological polar surface area (TPSA) is 83.9 Å². The minimum atomic E-state index is -3.64. The molecule has 0 saturated carbocycles. The number of anilines is 1. The van der Waals surface area contributed by atoms with Crippen LogP contribution in [0, 0.1) is 0 Å². The first-order valence-electron chi connectivity index (χ1n) is 6.80. The van der Waals surface area contributed by atoms with Gasteiger partial charge in [-0.25, -0.2) is 13.4 Å². The fourth-order valence-corrected chi connectivity index (χ4v) is 4.39. The lowest BCUT2D eigenvalue weighted by Gasteiger charge is -2.20. The van der Waals surface area contributed by atoms with Gasteiger partial charge in [0.1, 0.15) is 5.65 Å². The van der Waals surface area contributed by atoms with E-state index in [4.69, 9.17) is 5.73 Å². The highest BCUT2D eigenvalue weighted by Gasteiger charge is 2.36. The van der Waals surface area contributed by atoms with Crippen molar-refractivity contribution in [1.82, 2.24) is 18.6 Å². The highest BCUT2D eigenvalue weighted by atomic mass is 32.2. The minimum absolute atomic E-state index is 0.0505. The van der Waals surface area contributed by atoms with Gasteiger partial charge < -0.3 is 10.6 Å².